The average Bonchev–Trinajstić information content (AvgIpc) is 3.08. The molecule has 25 heavy (non-hydrogen) atoms. The Kier molecular flexibility index (Phi) is 4.63. The minimum atomic E-state index is 0.568. The van der Waals surface area contributed by atoms with Crippen LogP contribution in [0.4, 0.5) is 0 Å². The highest BCUT2D eigenvalue weighted by Crippen LogP contribution is 2.35. The first-order valence-corrected chi connectivity index (χ1v) is 9.38. The molecule has 1 heterocycles. The van der Waals surface area contributed by atoms with E-state index in [2.05, 4.69) is 66.4 Å². The number of benzene rings is 2. The first-order valence-electron chi connectivity index (χ1n) is 9.38. The maximum atomic E-state index is 5.29. The topological polar surface area (TPSA) is 12.5 Å². The highest BCUT2D eigenvalue weighted by Gasteiger charge is 2.31. The lowest BCUT2D eigenvalue weighted by Crippen LogP contribution is -2.42. The van der Waals surface area contributed by atoms with Gasteiger partial charge >= 0.3 is 0 Å². The van der Waals surface area contributed by atoms with Crippen molar-refractivity contribution >= 4 is 6.08 Å². The summed E-state index contributed by atoms with van der Waals surface area (Å²) in [5.41, 5.74) is 5.87. The van der Waals surface area contributed by atoms with Crippen LogP contribution in [-0.4, -0.2) is 24.6 Å². The summed E-state index contributed by atoms with van der Waals surface area (Å²) in [6, 6.07) is 17.9. The van der Waals surface area contributed by atoms with Crippen LogP contribution < -0.4 is 4.74 Å². The summed E-state index contributed by atoms with van der Waals surface area (Å²) in [6.07, 6.45) is 6.13. The van der Waals surface area contributed by atoms with Crippen LogP contribution in [0.3, 0.4) is 0 Å². The Morgan fingerprint density at radius 1 is 1.08 bits per heavy atom. The van der Waals surface area contributed by atoms with Gasteiger partial charge in [-0.2, -0.15) is 0 Å². The third-order valence-corrected chi connectivity index (χ3v) is 5.74. The number of methoxy groups -OCH3 is 1. The van der Waals surface area contributed by atoms with E-state index in [1.54, 1.807) is 12.7 Å². The van der Waals surface area contributed by atoms with E-state index >= 15 is 0 Å². The zero-order valence-corrected chi connectivity index (χ0v) is 15.2. The molecule has 1 aliphatic heterocycles. The molecule has 2 unspecified atom stereocenters. The molecule has 0 spiro atoms. The number of rotatable bonds is 4. The average molecular weight is 333 g/mol. The van der Waals surface area contributed by atoms with E-state index in [9.17, 15) is 0 Å². The molecule has 2 aromatic carbocycles. The summed E-state index contributed by atoms with van der Waals surface area (Å²) in [4.78, 5) is 2.68. The summed E-state index contributed by atoms with van der Waals surface area (Å²) in [5.74, 6) is 1.74. The van der Waals surface area contributed by atoms with Gasteiger partial charge in [-0.15, -0.1) is 0 Å². The van der Waals surface area contributed by atoms with Gasteiger partial charge in [0.2, 0.25) is 0 Å². The van der Waals surface area contributed by atoms with E-state index in [0.717, 1.165) is 24.6 Å². The zero-order chi connectivity index (χ0) is 17.2. The van der Waals surface area contributed by atoms with E-state index in [-0.39, 0.29) is 0 Å². The summed E-state index contributed by atoms with van der Waals surface area (Å²) in [6.45, 7) is 4.61. The van der Waals surface area contributed by atoms with Crippen LogP contribution in [0.25, 0.3) is 6.08 Å². The number of nitrogens with zero attached hydrogens (tertiary/aromatic N) is 1. The molecule has 0 amide bonds. The van der Waals surface area contributed by atoms with Gasteiger partial charge in [-0.3, -0.25) is 4.90 Å². The molecule has 2 heteroatoms. The standard InChI is InChI=1S/C23H27NO/c1-17-11-12-24(16-18-7-9-22(25-2)10-8-18)23(13-17)21-14-19-5-3-4-6-20(19)15-21/h3-10,14,17,23H,11-13,15-16H2,1-2H3. The molecule has 0 N–H and O–H groups in total. The minimum Gasteiger partial charge on any atom is -0.497 e. The highest BCUT2D eigenvalue weighted by molar-refractivity contribution is 5.64. The van der Waals surface area contributed by atoms with Crippen molar-refractivity contribution in [3.63, 3.8) is 0 Å². The Morgan fingerprint density at radius 2 is 1.88 bits per heavy atom. The van der Waals surface area contributed by atoms with Crippen LogP contribution >= 0.6 is 0 Å². The molecule has 2 atom stereocenters. The number of hydrogen-bond acceptors (Lipinski definition) is 2. The van der Waals surface area contributed by atoms with Crippen molar-refractivity contribution in [3.05, 3.63) is 70.8 Å². The molecule has 130 valence electrons. The molecule has 2 nitrogen and oxygen atoms in total. The van der Waals surface area contributed by atoms with Gasteiger partial charge in [-0.05, 0) is 66.1 Å². The van der Waals surface area contributed by atoms with Crippen LogP contribution in [-0.2, 0) is 13.0 Å². The number of fused-ring (bicyclic) bond motifs is 1. The number of likely N-dealkylation sites (tertiary alicyclic amines) is 1. The van der Waals surface area contributed by atoms with Gasteiger partial charge in [-0.25, -0.2) is 0 Å². The second-order valence-corrected chi connectivity index (χ2v) is 7.56. The Labute approximate surface area is 151 Å². The Balaban J connectivity index is 1.54. The van der Waals surface area contributed by atoms with Gasteiger partial charge in [0.15, 0.2) is 0 Å². The minimum absolute atomic E-state index is 0.568. The van der Waals surface area contributed by atoms with E-state index in [0.29, 0.717) is 6.04 Å². The van der Waals surface area contributed by atoms with Crippen LogP contribution in [0.2, 0.25) is 0 Å². The maximum absolute atomic E-state index is 5.29. The van der Waals surface area contributed by atoms with Crippen LogP contribution in [0.15, 0.2) is 54.1 Å². The van der Waals surface area contributed by atoms with E-state index in [1.807, 2.05) is 0 Å². The lowest BCUT2D eigenvalue weighted by molar-refractivity contribution is 0.132. The number of ether oxygens (including phenoxy) is 1. The molecule has 1 fully saturated rings. The van der Waals surface area contributed by atoms with Gasteiger partial charge < -0.3 is 4.74 Å². The fourth-order valence-corrected chi connectivity index (χ4v) is 4.25. The molecular formula is C23H27NO. The quantitative estimate of drug-likeness (QED) is 0.786. The SMILES string of the molecule is COc1ccc(CN2CCC(C)CC2C2=Cc3ccccc3C2)cc1. The van der Waals surface area contributed by atoms with Crippen molar-refractivity contribution in [1.82, 2.24) is 4.90 Å². The summed E-state index contributed by atoms with van der Waals surface area (Å²) < 4.78 is 5.29. The lowest BCUT2D eigenvalue weighted by atomic mass is 9.87. The fourth-order valence-electron chi connectivity index (χ4n) is 4.25. The van der Waals surface area contributed by atoms with Gasteiger partial charge in [0.05, 0.1) is 7.11 Å². The Morgan fingerprint density at radius 3 is 2.64 bits per heavy atom. The predicted octanol–water partition coefficient (Wildman–Crippen LogP) is 4.94. The molecule has 0 bridgehead atoms. The Hall–Kier alpha value is -2.06. The van der Waals surface area contributed by atoms with E-state index in [4.69, 9.17) is 4.74 Å². The third-order valence-electron chi connectivity index (χ3n) is 5.74. The molecule has 2 aliphatic rings. The van der Waals surface area contributed by atoms with Gasteiger partial charge in [-0.1, -0.05) is 49.4 Å². The van der Waals surface area contributed by atoms with Crippen LogP contribution in [0.5, 0.6) is 5.75 Å². The lowest BCUT2D eigenvalue weighted by Gasteiger charge is -2.39. The van der Waals surface area contributed by atoms with Crippen LogP contribution in [0, 0.1) is 5.92 Å². The van der Waals surface area contributed by atoms with Crippen molar-refractivity contribution in [1.29, 1.82) is 0 Å². The van der Waals surface area contributed by atoms with Gasteiger partial charge in [0.1, 0.15) is 5.75 Å². The van der Waals surface area contributed by atoms with E-state index < -0.39 is 0 Å². The summed E-state index contributed by atoms with van der Waals surface area (Å²) in [7, 11) is 1.72. The van der Waals surface area contributed by atoms with Crippen molar-refractivity contribution < 1.29 is 4.74 Å². The normalized spacial score (nSPS) is 23.2. The molecule has 1 saturated heterocycles. The van der Waals surface area contributed by atoms with Gasteiger partial charge in [0.25, 0.3) is 0 Å². The van der Waals surface area contributed by atoms with E-state index in [1.165, 1.54) is 36.1 Å². The van der Waals surface area contributed by atoms with Crippen molar-refractivity contribution in [2.75, 3.05) is 13.7 Å². The van der Waals surface area contributed by atoms with Crippen molar-refractivity contribution in [2.45, 2.75) is 38.8 Å². The third kappa shape index (κ3) is 3.50. The number of piperidine rings is 1. The summed E-state index contributed by atoms with van der Waals surface area (Å²) in [5, 5.41) is 0. The van der Waals surface area contributed by atoms with Gasteiger partial charge in [0, 0.05) is 12.6 Å². The van der Waals surface area contributed by atoms with Crippen LogP contribution in [0.1, 0.15) is 36.5 Å². The summed E-state index contributed by atoms with van der Waals surface area (Å²) >= 11 is 0. The largest absolute Gasteiger partial charge is 0.497 e. The smallest absolute Gasteiger partial charge is 0.118 e. The zero-order valence-electron chi connectivity index (χ0n) is 15.2. The molecule has 4 rings (SSSR count). The second-order valence-electron chi connectivity index (χ2n) is 7.56. The second kappa shape index (κ2) is 7.05. The molecule has 0 aromatic heterocycles. The first-order chi connectivity index (χ1) is 12.2. The maximum Gasteiger partial charge on any atom is 0.118 e. The first kappa shape index (κ1) is 16.4. The Bertz CT molecular complexity index is 762. The van der Waals surface area contributed by atoms with Crippen molar-refractivity contribution in [3.8, 4) is 5.75 Å². The van der Waals surface area contributed by atoms with Crippen molar-refractivity contribution in [2.24, 2.45) is 5.92 Å². The molecule has 2 aromatic rings. The molecule has 1 aliphatic carbocycles. The number of hydrogen-bond donors (Lipinski definition) is 0. The molecular weight excluding hydrogens is 306 g/mol. The molecule has 0 saturated carbocycles. The molecule has 0 radical (unpaired) electrons. The predicted molar refractivity (Wildman–Crippen MR) is 104 cm³/mol. The fraction of sp³-hybridized carbons (Fsp3) is 0.391. The monoisotopic (exact) mass is 333 g/mol. The highest BCUT2D eigenvalue weighted by atomic mass is 16.5.